The summed E-state index contributed by atoms with van der Waals surface area (Å²) in [6, 6.07) is 12.2. The molecule has 0 saturated carbocycles. The highest BCUT2D eigenvalue weighted by Crippen LogP contribution is 2.32. The third-order valence-corrected chi connectivity index (χ3v) is 6.16. The maximum atomic E-state index is 13.0. The second-order valence-electron chi connectivity index (χ2n) is 8.69. The maximum Gasteiger partial charge on any atom is 0.273 e. The molecule has 0 bridgehead atoms. The van der Waals surface area contributed by atoms with Crippen LogP contribution in [0.1, 0.15) is 49.6 Å². The molecule has 36 heavy (non-hydrogen) atoms. The minimum absolute atomic E-state index is 0.00841. The lowest BCUT2D eigenvalue weighted by Crippen LogP contribution is -2.46. The average Bonchev–Trinajstić information content (AvgIpc) is 3.37. The van der Waals surface area contributed by atoms with Crippen molar-refractivity contribution in [3.05, 3.63) is 77.2 Å². The summed E-state index contributed by atoms with van der Waals surface area (Å²) in [6.45, 7) is 3.13. The number of piperidine rings is 1. The molecule has 2 aromatic carbocycles. The number of fused-ring (bicyclic) bond motifs is 1. The maximum absolute atomic E-state index is 13.0. The largest absolute Gasteiger partial charge is 0.454 e. The van der Waals surface area contributed by atoms with E-state index in [1.807, 2.05) is 31.2 Å². The van der Waals surface area contributed by atoms with Gasteiger partial charge in [0.15, 0.2) is 23.0 Å². The van der Waals surface area contributed by atoms with Gasteiger partial charge in [-0.2, -0.15) is 0 Å². The van der Waals surface area contributed by atoms with Crippen LogP contribution in [0, 0.1) is 6.92 Å². The Morgan fingerprint density at radius 1 is 0.917 bits per heavy atom. The van der Waals surface area contributed by atoms with Gasteiger partial charge in [-0.15, -0.1) is 0 Å². The van der Waals surface area contributed by atoms with Crippen LogP contribution in [0.15, 0.2) is 54.9 Å². The molecule has 1 fully saturated rings. The molecular formula is C26H25N5O5. The fourth-order valence-electron chi connectivity index (χ4n) is 4.25. The van der Waals surface area contributed by atoms with Crippen molar-refractivity contribution < 1.29 is 23.9 Å². The highest BCUT2D eigenvalue weighted by molar-refractivity contribution is 6.07. The number of hydrogen-bond acceptors (Lipinski definition) is 7. The fourth-order valence-corrected chi connectivity index (χ4v) is 4.25. The summed E-state index contributed by atoms with van der Waals surface area (Å²) in [5.74, 6) is 0.207. The normalized spacial score (nSPS) is 14.9. The van der Waals surface area contributed by atoms with Gasteiger partial charge in [0.05, 0.1) is 0 Å². The quantitative estimate of drug-likeness (QED) is 0.567. The zero-order valence-corrected chi connectivity index (χ0v) is 19.7. The number of anilines is 1. The molecule has 10 heteroatoms. The number of aryl methyl sites for hydroxylation is 1. The lowest BCUT2D eigenvalue weighted by atomic mass is 10.0. The topological polar surface area (TPSA) is 123 Å². The number of carbonyl (C=O) groups excluding carboxylic acids is 3. The lowest BCUT2D eigenvalue weighted by molar-refractivity contribution is 0.0697. The molecule has 1 aromatic heterocycles. The summed E-state index contributed by atoms with van der Waals surface area (Å²) in [4.78, 5) is 48.7. The Balaban J connectivity index is 1.20. The van der Waals surface area contributed by atoms with E-state index in [2.05, 4.69) is 20.6 Å². The molecule has 1 saturated heterocycles. The zero-order valence-electron chi connectivity index (χ0n) is 19.7. The van der Waals surface area contributed by atoms with E-state index in [9.17, 15) is 14.4 Å². The van der Waals surface area contributed by atoms with Gasteiger partial charge < -0.3 is 25.0 Å². The summed E-state index contributed by atoms with van der Waals surface area (Å²) < 4.78 is 10.6. The van der Waals surface area contributed by atoms with Gasteiger partial charge in [-0.3, -0.25) is 14.4 Å². The molecular weight excluding hydrogens is 462 g/mol. The van der Waals surface area contributed by atoms with Crippen LogP contribution in [0.2, 0.25) is 0 Å². The summed E-state index contributed by atoms with van der Waals surface area (Å²) in [5.41, 5.74) is 2.06. The molecule has 10 nitrogen and oxygen atoms in total. The van der Waals surface area contributed by atoms with Crippen LogP contribution in [0.25, 0.3) is 0 Å². The Bertz CT molecular complexity index is 1320. The number of carbonyl (C=O) groups is 3. The number of likely N-dealkylation sites (tertiary alicyclic amines) is 1. The first-order chi connectivity index (χ1) is 17.5. The third-order valence-electron chi connectivity index (χ3n) is 6.16. The molecule has 2 aliphatic rings. The minimum Gasteiger partial charge on any atom is -0.454 e. The second-order valence-corrected chi connectivity index (χ2v) is 8.69. The van der Waals surface area contributed by atoms with E-state index in [4.69, 9.17) is 9.47 Å². The van der Waals surface area contributed by atoms with E-state index >= 15 is 0 Å². The van der Waals surface area contributed by atoms with E-state index in [-0.39, 0.29) is 30.3 Å². The number of rotatable bonds is 5. The molecule has 5 rings (SSSR count). The van der Waals surface area contributed by atoms with Gasteiger partial charge in [0.2, 0.25) is 6.79 Å². The van der Waals surface area contributed by atoms with Crippen LogP contribution >= 0.6 is 0 Å². The Hall–Kier alpha value is -4.47. The summed E-state index contributed by atoms with van der Waals surface area (Å²) in [6.07, 6.45) is 4.03. The summed E-state index contributed by atoms with van der Waals surface area (Å²) in [7, 11) is 0. The summed E-state index contributed by atoms with van der Waals surface area (Å²) in [5, 5.41) is 5.62. The van der Waals surface area contributed by atoms with Crippen LogP contribution in [0.3, 0.4) is 0 Å². The molecule has 3 heterocycles. The Morgan fingerprint density at radius 3 is 2.50 bits per heavy atom. The molecule has 2 N–H and O–H groups in total. The van der Waals surface area contributed by atoms with Gasteiger partial charge in [0.25, 0.3) is 17.7 Å². The second kappa shape index (κ2) is 10.0. The number of nitrogens with one attached hydrogen (secondary N) is 2. The molecule has 0 spiro atoms. The van der Waals surface area contributed by atoms with Gasteiger partial charge in [-0.25, -0.2) is 9.97 Å². The molecule has 2 aliphatic heterocycles. The number of nitrogens with zero attached hydrogens (tertiary/aromatic N) is 3. The third kappa shape index (κ3) is 4.97. The minimum atomic E-state index is -0.453. The first-order valence-electron chi connectivity index (χ1n) is 11.7. The summed E-state index contributed by atoms with van der Waals surface area (Å²) >= 11 is 0. The standard InChI is InChI=1S/C26H25N5O5/c1-16-3-2-4-18(13-16)26(34)31-11-7-19(8-12-31)29-25(33)22-23(28-10-9-27-22)30-24(32)17-5-6-20-21(14-17)36-15-35-20/h2-6,9-10,13-14,19H,7-8,11-12,15H2,1H3,(H,29,33)(H,28,30,32). The van der Waals surface area contributed by atoms with Crippen molar-refractivity contribution in [2.24, 2.45) is 0 Å². The first kappa shape index (κ1) is 23.3. The van der Waals surface area contributed by atoms with E-state index in [0.717, 1.165) is 5.56 Å². The molecule has 0 radical (unpaired) electrons. The Kier molecular flexibility index (Phi) is 6.48. The van der Waals surface area contributed by atoms with Crippen LogP contribution < -0.4 is 20.1 Å². The highest BCUT2D eigenvalue weighted by atomic mass is 16.7. The fraction of sp³-hybridized carbons (Fsp3) is 0.269. The van der Waals surface area contributed by atoms with Crippen molar-refractivity contribution in [2.75, 3.05) is 25.2 Å². The predicted molar refractivity (Wildman–Crippen MR) is 130 cm³/mol. The highest BCUT2D eigenvalue weighted by Gasteiger charge is 2.27. The number of ether oxygens (including phenoxy) is 2. The zero-order chi connectivity index (χ0) is 25.1. The van der Waals surface area contributed by atoms with Crippen molar-refractivity contribution in [1.29, 1.82) is 0 Å². The number of hydrogen-bond donors (Lipinski definition) is 2. The van der Waals surface area contributed by atoms with Gasteiger partial charge in [0.1, 0.15) is 0 Å². The van der Waals surface area contributed by atoms with Crippen molar-refractivity contribution >= 4 is 23.5 Å². The van der Waals surface area contributed by atoms with Gasteiger partial charge in [-0.1, -0.05) is 17.7 Å². The molecule has 3 amide bonds. The van der Waals surface area contributed by atoms with Crippen molar-refractivity contribution in [3.63, 3.8) is 0 Å². The molecule has 184 valence electrons. The number of benzene rings is 2. The number of aromatic nitrogens is 2. The molecule has 0 atom stereocenters. The van der Waals surface area contributed by atoms with Gasteiger partial charge >= 0.3 is 0 Å². The average molecular weight is 488 g/mol. The Labute approximate surface area is 207 Å². The van der Waals surface area contributed by atoms with E-state index in [0.29, 0.717) is 48.6 Å². The van der Waals surface area contributed by atoms with Crippen LogP contribution in [-0.2, 0) is 0 Å². The van der Waals surface area contributed by atoms with E-state index in [1.54, 1.807) is 23.1 Å². The molecule has 3 aromatic rings. The van der Waals surface area contributed by atoms with Crippen LogP contribution in [-0.4, -0.2) is 58.5 Å². The Morgan fingerprint density at radius 2 is 1.69 bits per heavy atom. The molecule has 0 aliphatic carbocycles. The van der Waals surface area contributed by atoms with Gasteiger partial charge in [-0.05, 0) is 50.1 Å². The molecule has 0 unspecified atom stereocenters. The van der Waals surface area contributed by atoms with E-state index < -0.39 is 11.8 Å². The first-order valence-corrected chi connectivity index (χ1v) is 11.7. The smallest absolute Gasteiger partial charge is 0.273 e. The lowest BCUT2D eigenvalue weighted by Gasteiger charge is -2.32. The van der Waals surface area contributed by atoms with Crippen LogP contribution in [0.5, 0.6) is 11.5 Å². The van der Waals surface area contributed by atoms with Gasteiger partial charge in [0, 0.05) is 42.7 Å². The van der Waals surface area contributed by atoms with Crippen molar-refractivity contribution in [1.82, 2.24) is 20.2 Å². The number of amides is 3. The predicted octanol–water partition coefficient (Wildman–Crippen LogP) is 2.80. The van der Waals surface area contributed by atoms with E-state index in [1.165, 1.54) is 12.4 Å². The van der Waals surface area contributed by atoms with Crippen molar-refractivity contribution in [2.45, 2.75) is 25.8 Å². The van der Waals surface area contributed by atoms with Crippen LogP contribution in [0.4, 0.5) is 5.82 Å². The van der Waals surface area contributed by atoms with Crippen molar-refractivity contribution in [3.8, 4) is 11.5 Å². The SMILES string of the molecule is Cc1cccc(C(=O)N2CCC(NC(=O)c3nccnc3NC(=O)c3ccc4c(c3)OCO4)CC2)c1. The monoisotopic (exact) mass is 487 g/mol.